The van der Waals surface area contributed by atoms with Crippen LogP contribution in [-0.4, -0.2) is 14.7 Å². The molecule has 0 atom stereocenters. The summed E-state index contributed by atoms with van der Waals surface area (Å²) in [6.07, 6.45) is 1.04. The molecule has 0 radical (unpaired) electrons. The first-order chi connectivity index (χ1) is 6.38. The van der Waals surface area contributed by atoms with Gasteiger partial charge in [0, 0.05) is 17.0 Å². The molecule has 0 aromatic carbocycles. The molecule has 0 bridgehead atoms. The highest BCUT2D eigenvalue weighted by Gasteiger charge is 2.26. The number of alkyl halides is 3. The van der Waals surface area contributed by atoms with Crippen molar-refractivity contribution in [3.8, 4) is 0 Å². The van der Waals surface area contributed by atoms with Crippen LogP contribution >= 0.6 is 33.2 Å². The standard InChI is InChI=1S/C5H3ClF2N2O2S2/c6-5(7,8)14-13-2-1-9-4(12)10-3(2)11/h1H,(H2,9,10,11,12). The molecule has 0 saturated heterocycles. The van der Waals surface area contributed by atoms with Gasteiger partial charge in [-0.1, -0.05) is 0 Å². The zero-order chi connectivity index (χ0) is 10.8. The Balaban J connectivity index is 2.79. The van der Waals surface area contributed by atoms with Crippen LogP contribution in [0.5, 0.6) is 0 Å². The molecule has 0 fully saturated rings. The fourth-order valence-electron chi connectivity index (χ4n) is 0.551. The van der Waals surface area contributed by atoms with Gasteiger partial charge < -0.3 is 4.98 Å². The van der Waals surface area contributed by atoms with E-state index < -0.39 is 16.0 Å². The molecular weight excluding hydrogens is 258 g/mol. The van der Waals surface area contributed by atoms with Gasteiger partial charge >= 0.3 is 10.4 Å². The lowest BCUT2D eigenvalue weighted by molar-refractivity contribution is 0.205. The summed E-state index contributed by atoms with van der Waals surface area (Å²) in [4.78, 5) is 25.5. The summed E-state index contributed by atoms with van der Waals surface area (Å²) in [5.41, 5.74) is -1.42. The number of halogens is 3. The van der Waals surface area contributed by atoms with Gasteiger partial charge in [-0.25, -0.2) is 4.79 Å². The van der Waals surface area contributed by atoms with Crippen LogP contribution in [0.2, 0.25) is 0 Å². The van der Waals surface area contributed by atoms with Crippen LogP contribution in [0.15, 0.2) is 20.7 Å². The molecule has 0 spiro atoms. The maximum absolute atomic E-state index is 12.1. The molecule has 0 aliphatic carbocycles. The molecule has 9 heteroatoms. The number of hydrogen-bond donors (Lipinski definition) is 2. The largest absolute Gasteiger partial charge is 0.381 e. The van der Waals surface area contributed by atoms with Gasteiger partial charge in [0.2, 0.25) is 0 Å². The minimum absolute atomic E-state index is 0.0134. The van der Waals surface area contributed by atoms with Crippen LogP contribution < -0.4 is 11.2 Å². The monoisotopic (exact) mass is 260 g/mol. The predicted octanol–water partition coefficient (Wildman–Crippen LogP) is 1.59. The average Bonchev–Trinajstić information content (AvgIpc) is 2.00. The first-order valence-electron chi connectivity index (χ1n) is 3.13. The molecule has 1 aromatic rings. The van der Waals surface area contributed by atoms with Gasteiger partial charge in [-0.05, 0) is 22.4 Å². The van der Waals surface area contributed by atoms with Crippen molar-refractivity contribution in [2.45, 2.75) is 9.61 Å². The molecule has 0 aliphatic rings. The van der Waals surface area contributed by atoms with E-state index in [1.807, 2.05) is 4.98 Å². The Bertz CT molecular complexity index is 427. The van der Waals surface area contributed by atoms with E-state index in [1.54, 1.807) is 0 Å². The first-order valence-corrected chi connectivity index (χ1v) is 5.66. The van der Waals surface area contributed by atoms with Crippen molar-refractivity contribution in [1.29, 1.82) is 0 Å². The Morgan fingerprint density at radius 2 is 2.07 bits per heavy atom. The highest BCUT2D eigenvalue weighted by atomic mass is 35.5. The van der Waals surface area contributed by atoms with E-state index in [-0.39, 0.29) is 15.7 Å². The van der Waals surface area contributed by atoms with Crippen LogP contribution in [0.1, 0.15) is 0 Å². The summed E-state index contributed by atoms with van der Waals surface area (Å²) in [6.45, 7) is 0. The summed E-state index contributed by atoms with van der Waals surface area (Å²) >= 11 is 4.59. The van der Waals surface area contributed by atoms with E-state index in [4.69, 9.17) is 0 Å². The molecule has 14 heavy (non-hydrogen) atoms. The van der Waals surface area contributed by atoms with E-state index in [0.29, 0.717) is 10.8 Å². The van der Waals surface area contributed by atoms with E-state index in [2.05, 4.69) is 16.6 Å². The minimum atomic E-state index is -3.45. The maximum Gasteiger partial charge on any atom is 0.381 e. The number of H-pyrrole nitrogens is 2. The normalized spacial score (nSPS) is 11.6. The maximum atomic E-state index is 12.1. The lowest BCUT2D eigenvalue weighted by Crippen LogP contribution is -2.22. The highest BCUT2D eigenvalue weighted by Crippen LogP contribution is 2.44. The Labute approximate surface area is 88.8 Å². The topological polar surface area (TPSA) is 65.7 Å². The Hall–Kier alpha value is -0.470. The molecule has 0 amide bonds. The van der Waals surface area contributed by atoms with Gasteiger partial charge in [0.1, 0.15) is 0 Å². The number of aromatic nitrogens is 2. The van der Waals surface area contributed by atoms with Gasteiger partial charge in [0.15, 0.2) is 0 Å². The van der Waals surface area contributed by atoms with Crippen molar-refractivity contribution in [2.24, 2.45) is 0 Å². The lowest BCUT2D eigenvalue weighted by Gasteiger charge is -2.04. The van der Waals surface area contributed by atoms with Crippen molar-refractivity contribution >= 4 is 33.2 Å². The van der Waals surface area contributed by atoms with Crippen molar-refractivity contribution in [2.75, 3.05) is 0 Å². The molecule has 0 aliphatic heterocycles. The third-order valence-corrected chi connectivity index (χ3v) is 3.69. The van der Waals surface area contributed by atoms with Gasteiger partial charge in [0.05, 0.1) is 4.90 Å². The SMILES string of the molecule is O=c1[nH]cc(SSC(F)(F)Cl)c(=O)[nH]1. The summed E-state index contributed by atoms with van der Waals surface area (Å²) < 4.78 is 20.8. The zero-order valence-electron chi connectivity index (χ0n) is 6.34. The second-order valence-corrected chi connectivity index (χ2v) is 5.03. The van der Waals surface area contributed by atoms with E-state index >= 15 is 0 Å². The molecule has 0 saturated carbocycles. The zero-order valence-corrected chi connectivity index (χ0v) is 8.73. The van der Waals surface area contributed by atoms with Gasteiger partial charge in [-0.2, -0.15) is 8.78 Å². The fraction of sp³-hybridized carbons (Fsp3) is 0.200. The summed E-state index contributed by atoms with van der Waals surface area (Å²) in [5, 5.41) is 0. The highest BCUT2D eigenvalue weighted by molar-refractivity contribution is 8.77. The predicted molar refractivity (Wildman–Crippen MR) is 51.9 cm³/mol. The number of nitrogens with one attached hydrogen (secondary N) is 2. The fourth-order valence-corrected chi connectivity index (χ4v) is 2.18. The van der Waals surface area contributed by atoms with Gasteiger partial charge in [-0.3, -0.25) is 9.78 Å². The Morgan fingerprint density at radius 3 is 2.57 bits per heavy atom. The van der Waals surface area contributed by atoms with E-state index in [0.717, 1.165) is 6.20 Å². The van der Waals surface area contributed by atoms with Crippen LogP contribution in [0.25, 0.3) is 0 Å². The second-order valence-electron chi connectivity index (χ2n) is 2.05. The minimum Gasteiger partial charge on any atom is -0.313 e. The Kier molecular flexibility index (Phi) is 3.62. The van der Waals surface area contributed by atoms with E-state index in [9.17, 15) is 18.4 Å². The van der Waals surface area contributed by atoms with Crippen molar-refractivity contribution in [3.63, 3.8) is 0 Å². The number of rotatable bonds is 3. The second kappa shape index (κ2) is 4.37. The van der Waals surface area contributed by atoms with Gasteiger partial charge in [-0.15, -0.1) is 0 Å². The Morgan fingerprint density at radius 1 is 1.43 bits per heavy atom. The smallest absolute Gasteiger partial charge is 0.313 e. The van der Waals surface area contributed by atoms with Crippen LogP contribution in [0.3, 0.4) is 0 Å². The molecule has 1 rings (SSSR count). The van der Waals surface area contributed by atoms with Gasteiger partial charge in [0.25, 0.3) is 5.56 Å². The van der Waals surface area contributed by atoms with Crippen LogP contribution in [0, 0.1) is 0 Å². The third-order valence-electron chi connectivity index (χ3n) is 1.01. The lowest BCUT2D eigenvalue weighted by atomic mass is 10.7. The van der Waals surface area contributed by atoms with Crippen molar-refractivity contribution in [1.82, 2.24) is 9.97 Å². The third kappa shape index (κ3) is 3.72. The summed E-state index contributed by atoms with van der Waals surface area (Å²) in [6, 6.07) is 0. The molecule has 2 N–H and O–H groups in total. The quantitative estimate of drug-likeness (QED) is 0.640. The molecule has 1 aromatic heterocycles. The van der Waals surface area contributed by atoms with Crippen molar-refractivity contribution in [3.05, 3.63) is 27.0 Å². The summed E-state index contributed by atoms with van der Waals surface area (Å²) in [7, 11) is 0.497. The first kappa shape index (κ1) is 11.6. The molecular formula is C5H3ClF2N2O2S2. The van der Waals surface area contributed by atoms with Crippen LogP contribution in [-0.2, 0) is 0 Å². The molecule has 78 valence electrons. The van der Waals surface area contributed by atoms with E-state index in [1.165, 1.54) is 0 Å². The van der Waals surface area contributed by atoms with Crippen LogP contribution in [0.4, 0.5) is 8.78 Å². The number of hydrogen-bond acceptors (Lipinski definition) is 4. The summed E-state index contributed by atoms with van der Waals surface area (Å²) in [5.74, 6) is 0. The molecule has 4 nitrogen and oxygen atoms in total. The number of aromatic amines is 2. The van der Waals surface area contributed by atoms with Crippen molar-refractivity contribution < 1.29 is 8.78 Å². The molecule has 0 unspecified atom stereocenters. The average molecular weight is 261 g/mol. The molecule has 1 heterocycles.